The molecule has 4 rings (SSSR count). The van der Waals surface area contributed by atoms with Crippen LogP contribution >= 0.6 is 0 Å². The quantitative estimate of drug-likeness (QED) is 0.628. The normalized spacial score (nSPS) is 15.1. The molecule has 0 atom stereocenters. The zero-order valence-electron chi connectivity index (χ0n) is 15.5. The van der Waals surface area contributed by atoms with Crippen LogP contribution in [0, 0.1) is 0 Å². The van der Waals surface area contributed by atoms with Gasteiger partial charge >= 0.3 is 0 Å². The van der Waals surface area contributed by atoms with Crippen LogP contribution in [0.4, 0.5) is 0 Å². The molecule has 3 aromatic rings. The molecule has 1 aliphatic heterocycles. The van der Waals surface area contributed by atoms with Crippen LogP contribution in [-0.4, -0.2) is 40.9 Å². The van der Waals surface area contributed by atoms with Crippen LogP contribution in [-0.2, 0) is 0 Å². The Kier molecular flexibility index (Phi) is 5.49. The zero-order valence-corrected chi connectivity index (χ0v) is 15.5. The molecule has 0 aliphatic carbocycles. The molecular weight excluding hydrogens is 338 g/mol. The van der Waals surface area contributed by atoms with Gasteiger partial charge in [-0.25, -0.2) is 0 Å². The molecule has 5 heteroatoms. The van der Waals surface area contributed by atoms with Gasteiger partial charge in [0.1, 0.15) is 0 Å². The number of benzene rings is 2. The van der Waals surface area contributed by atoms with Gasteiger partial charge < -0.3 is 9.64 Å². The Labute approximate surface area is 159 Å². The van der Waals surface area contributed by atoms with E-state index in [-0.39, 0.29) is 5.56 Å². The van der Waals surface area contributed by atoms with Gasteiger partial charge in [0, 0.05) is 18.7 Å². The lowest BCUT2D eigenvalue weighted by Crippen LogP contribution is -2.31. The van der Waals surface area contributed by atoms with Gasteiger partial charge in [0.2, 0.25) is 5.88 Å². The van der Waals surface area contributed by atoms with Crippen LogP contribution in [0.1, 0.15) is 25.7 Å². The minimum Gasteiger partial charge on any atom is -0.477 e. The Morgan fingerprint density at radius 3 is 2.59 bits per heavy atom. The molecule has 0 spiro atoms. The van der Waals surface area contributed by atoms with Crippen molar-refractivity contribution in [3.05, 3.63) is 65.0 Å². The van der Waals surface area contributed by atoms with Crippen molar-refractivity contribution >= 4 is 10.8 Å². The highest BCUT2D eigenvalue weighted by Gasteiger charge is 2.10. The molecule has 1 fully saturated rings. The van der Waals surface area contributed by atoms with Crippen LogP contribution in [0.15, 0.2) is 59.4 Å². The summed E-state index contributed by atoms with van der Waals surface area (Å²) in [5.41, 5.74) is 0.586. The first kappa shape index (κ1) is 17.7. The van der Waals surface area contributed by atoms with Crippen molar-refractivity contribution < 1.29 is 4.74 Å². The summed E-state index contributed by atoms with van der Waals surface area (Å²) >= 11 is 0. The Bertz CT molecular complexity index is 961. The van der Waals surface area contributed by atoms with Crippen LogP contribution in [0.3, 0.4) is 0 Å². The molecule has 0 bridgehead atoms. The summed E-state index contributed by atoms with van der Waals surface area (Å²) in [6.07, 6.45) is 4.93. The van der Waals surface area contributed by atoms with E-state index in [4.69, 9.17) is 4.74 Å². The maximum absolute atomic E-state index is 12.3. The van der Waals surface area contributed by atoms with E-state index in [9.17, 15) is 4.79 Å². The van der Waals surface area contributed by atoms with Crippen molar-refractivity contribution in [3.8, 4) is 11.6 Å². The summed E-state index contributed by atoms with van der Waals surface area (Å²) < 4.78 is 7.21. The van der Waals surface area contributed by atoms with Gasteiger partial charge in [-0.3, -0.25) is 4.79 Å². The molecule has 2 heterocycles. The molecule has 0 unspecified atom stereocenters. The molecule has 5 nitrogen and oxygen atoms in total. The lowest BCUT2D eigenvalue weighted by Gasteiger charge is -2.26. The van der Waals surface area contributed by atoms with Crippen LogP contribution < -0.4 is 10.3 Å². The molecule has 0 N–H and O–H groups in total. The third-order valence-electron chi connectivity index (χ3n) is 5.07. The molecule has 1 aromatic heterocycles. The zero-order chi connectivity index (χ0) is 18.5. The average Bonchev–Trinajstić information content (AvgIpc) is 2.73. The van der Waals surface area contributed by atoms with E-state index in [1.807, 2.05) is 36.4 Å². The lowest BCUT2D eigenvalue weighted by molar-refractivity contribution is 0.202. The van der Waals surface area contributed by atoms with E-state index in [0.29, 0.717) is 12.5 Å². The van der Waals surface area contributed by atoms with Crippen molar-refractivity contribution in [2.75, 3.05) is 26.2 Å². The Hall–Kier alpha value is -2.66. The second kappa shape index (κ2) is 8.35. The average molecular weight is 363 g/mol. The number of ether oxygens (including phenoxy) is 1. The first-order valence-electron chi connectivity index (χ1n) is 9.74. The molecule has 27 heavy (non-hydrogen) atoms. The first-order chi connectivity index (χ1) is 13.3. The highest BCUT2D eigenvalue weighted by Crippen LogP contribution is 2.17. The Morgan fingerprint density at radius 2 is 1.74 bits per heavy atom. The maximum atomic E-state index is 12.3. The van der Waals surface area contributed by atoms with E-state index in [0.717, 1.165) is 29.4 Å². The summed E-state index contributed by atoms with van der Waals surface area (Å²) in [5, 5.41) is 6.62. The largest absolute Gasteiger partial charge is 0.477 e. The summed E-state index contributed by atoms with van der Waals surface area (Å²) in [7, 11) is 0. The predicted molar refractivity (Wildman–Crippen MR) is 108 cm³/mol. The lowest BCUT2D eigenvalue weighted by atomic mass is 10.1. The summed E-state index contributed by atoms with van der Waals surface area (Å²) in [5.74, 6) is 0.487. The van der Waals surface area contributed by atoms with Gasteiger partial charge in [0.15, 0.2) is 0 Å². The smallest absolute Gasteiger partial charge is 0.271 e. The second-order valence-electron chi connectivity index (χ2n) is 7.06. The minimum absolute atomic E-state index is 0.161. The number of piperidine rings is 1. The number of nitrogens with zero attached hydrogens (tertiary/aromatic N) is 3. The fraction of sp³-hybridized carbons (Fsp3) is 0.364. The van der Waals surface area contributed by atoms with Gasteiger partial charge in [0.05, 0.1) is 12.3 Å². The molecular formula is C22H25N3O2. The summed E-state index contributed by atoms with van der Waals surface area (Å²) in [6.45, 7) is 4.07. The number of hydrogen-bond acceptors (Lipinski definition) is 4. The van der Waals surface area contributed by atoms with Crippen molar-refractivity contribution in [1.29, 1.82) is 0 Å². The molecule has 140 valence electrons. The number of fused-ring (bicyclic) bond motifs is 1. The van der Waals surface area contributed by atoms with Gasteiger partial charge in [-0.05, 0) is 55.3 Å². The fourth-order valence-electron chi connectivity index (χ4n) is 3.61. The summed E-state index contributed by atoms with van der Waals surface area (Å²) in [4.78, 5) is 14.8. The Balaban J connectivity index is 1.43. The SMILES string of the molecule is O=c1ccc(OCCCN2CCCCC2)nn1-c1ccc2ccccc2c1. The maximum Gasteiger partial charge on any atom is 0.271 e. The molecule has 0 amide bonds. The van der Waals surface area contributed by atoms with Crippen LogP contribution in [0.2, 0.25) is 0 Å². The van der Waals surface area contributed by atoms with Gasteiger partial charge in [-0.1, -0.05) is 36.8 Å². The third kappa shape index (κ3) is 4.37. The topological polar surface area (TPSA) is 47.4 Å². The molecule has 0 saturated carbocycles. The van der Waals surface area contributed by atoms with Crippen molar-refractivity contribution in [3.63, 3.8) is 0 Å². The monoisotopic (exact) mass is 363 g/mol. The Morgan fingerprint density at radius 1 is 0.926 bits per heavy atom. The molecule has 1 aliphatic rings. The van der Waals surface area contributed by atoms with Crippen molar-refractivity contribution in [1.82, 2.24) is 14.7 Å². The number of aromatic nitrogens is 2. The second-order valence-corrected chi connectivity index (χ2v) is 7.06. The third-order valence-corrected chi connectivity index (χ3v) is 5.07. The van der Waals surface area contributed by atoms with E-state index in [2.05, 4.69) is 16.1 Å². The molecule has 0 radical (unpaired) electrons. The highest BCUT2D eigenvalue weighted by atomic mass is 16.5. The van der Waals surface area contributed by atoms with Crippen molar-refractivity contribution in [2.24, 2.45) is 0 Å². The van der Waals surface area contributed by atoms with E-state index >= 15 is 0 Å². The summed E-state index contributed by atoms with van der Waals surface area (Å²) in [6, 6.07) is 17.1. The van der Waals surface area contributed by atoms with Gasteiger partial charge in [0.25, 0.3) is 5.56 Å². The van der Waals surface area contributed by atoms with E-state index in [1.165, 1.54) is 43.1 Å². The van der Waals surface area contributed by atoms with Crippen LogP contribution in [0.25, 0.3) is 16.5 Å². The van der Waals surface area contributed by atoms with Crippen LogP contribution in [0.5, 0.6) is 5.88 Å². The first-order valence-corrected chi connectivity index (χ1v) is 9.74. The minimum atomic E-state index is -0.161. The van der Waals surface area contributed by atoms with Gasteiger partial charge in [-0.15, -0.1) is 5.10 Å². The number of hydrogen-bond donors (Lipinski definition) is 0. The molecule has 1 saturated heterocycles. The highest BCUT2D eigenvalue weighted by molar-refractivity contribution is 5.84. The van der Waals surface area contributed by atoms with Gasteiger partial charge in [-0.2, -0.15) is 4.68 Å². The standard InChI is InChI=1S/C22H25N3O2/c26-22-12-11-21(27-16-6-15-24-13-4-1-5-14-24)23-25(22)20-10-9-18-7-2-3-8-19(18)17-20/h2-3,7-12,17H,1,4-6,13-16H2. The molecule has 2 aromatic carbocycles. The number of rotatable bonds is 6. The van der Waals surface area contributed by atoms with Crippen molar-refractivity contribution in [2.45, 2.75) is 25.7 Å². The van der Waals surface area contributed by atoms with E-state index < -0.39 is 0 Å². The van der Waals surface area contributed by atoms with E-state index in [1.54, 1.807) is 6.07 Å². The predicted octanol–water partition coefficient (Wildman–Crippen LogP) is 3.64. The fourth-order valence-corrected chi connectivity index (χ4v) is 3.61. The number of likely N-dealkylation sites (tertiary alicyclic amines) is 1.